The van der Waals surface area contributed by atoms with E-state index in [1.54, 1.807) is 0 Å². The van der Waals surface area contributed by atoms with Crippen molar-refractivity contribution in [2.45, 2.75) is 90.3 Å². The van der Waals surface area contributed by atoms with Gasteiger partial charge in [0.15, 0.2) is 0 Å². The van der Waals surface area contributed by atoms with Crippen molar-refractivity contribution in [2.75, 3.05) is 6.54 Å². The molecule has 0 heterocycles. The van der Waals surface area contributed by atoms with Gasteiger partial charge in [-0.15, -0.1) is 0 Å². The van der Waals surface area contributed by atoms with Crippen LogP contribution in [0.25, 0.3) is 0 Å². The fourth-order valence-corrected chi connectivity index (χ4v) is 3.62. The van der Waals surface area contributed by atoms with Crippen LogP contribution in [-0.2, 0) is 0 Å². The molecule has 0 bridgehead atoms. The molecular formula is C17H32F3N. The molecule has 1 rings (SSSR count). The third-order valence-electron chi connectivity index (χ3n) is 4.83. The number of unbranched alkanes of at least 4 members (excludes halogenated alkanes) is 4. The van der Waals surface area contributed by atoms with Gasteiger partial charge in [0.25, 0.3) is 0 Å². The summed E-state index contributed by atoms with van der Waals surface area (Å²) in [6.07, 6.45) is 5.49. The highest BCUT2D eigenvalue weighted by Gasteiger charge is 2.43. The van der Waals surface area contributed by atoms with E-state index >= 15 is 0 Å². The average molecular weight is 307 g/mol. The summed E-state index contributed by atoms with van der Waals surface area (Å²) in [5.41, 5.74) is 0. The first-order valence-electron chi connectivity index (χ1n) is 8.79. The summed E-state index contributed by atoms with van der Waals surface area (Å²) in [6.45, 7) is 5.10. The van der Waals surface area contributed by atoms with Gasteiger partial charge in [-0.25, -0.2) is 0 Å². The maximum atomic E-state index is 12.9. The van der Waals surface area contributed by atoms with Gasteiger partial charge in [0.2, 0.25) is 0 Å². The normalized spacial score (nSPS) is 25.0. The quantitative estimate of drug-likeness (QED) is 0.539. The maximum absolute atomic E-state index is 12.9. The van der Waals surface area contributed by atoms with E-state index in [9.17, 15) is 13.2 Å². The lowest BCUT2D eigenvalue weighted by molar-refractivity contribution is -0.186. The number of halogens is 3. The van der Waals surface area contributed by atoms with Crippen molar-refractivity contribution >= 4 is 0 Å². The van der Waals surface area contributed by atoms with Crippen LogP contribution >= 0.6 is 0 Å². The van der Waals surface area contributed by atoms with Gasteiger partial charge in [0, 0.05) is 6.04 Å². The number of alkyl halides is 3. The fourth-order valence-electron chi connectivity index (χ4n) is 3.62. The van der Waals surface area contributed by atoms with Crippen molar-refractivity contribution in [3.05, 3.63) is 0 Å². The zero-order chi connectivity index (χ0) is 15.7. The fraction of sp³-hybridized carbons (Fsp3) is 1.00. The van der Waals surface area contributed by atoms with Crippen LogP contribution in [0.1, 0.15) is 78.1 Å². The van der Waals surface area contributed by atoms with E-state index in [-0.39, 0.29) is 12.0 Å². The van der Waals surface area contributed by atoms with Gasteiger partial charge < -0.3 is 5.32 Å². The first kappa shape index (κ1) is 18.8. The molecule has 0 aromatic heterocycles. The van der Waals surface area contributed by atoms with E-state index in [2.05, 4.69) is 12.2 Å². The molecule has 1 aliphatic carbocycles. The van der Waals surface area contributed by atoms with Crippen LogP contribution in [0.5, 0.6) is 0 Å². The zero-order valence-corrected chi connectivity index (χ0v) is 13.6. The highest BCUT2D eigenvalue weighted by molar-refractivity contribution is 4.85. The number of rotatable bonds is 9. The summed E-state index contributed by atoms with van der Waals surface area (Å²) in [7, 11) is 0. The predicted molar refractivity (Wildman–Crippen MR) is 82.3 cm³/mol. The van der Waals surface area contributed by atoms with E-state index in [1.807, 2.05) is 6.92 Å². The van der Waals surface area contributed by atoms with Crippen molar-refractivity contribution < 1.29 is 13.2 Å². The summed E-state index contributed by atoms with van der Waals surface area (Å²) < 4.78 is 38.8. The van der Waals surface area contributed by atoms with Crippen LogP contribution < -0.4 is 5.32 Å². The Morgan fingerprint density at radius 2 is 1.76 bits per heavy atom. The van der Waals surface area contributed by atoms with E-state index < -0.39 is 12.1 Å². The minimum absolute atomic E-state index is 0.205. The van der Waals surface area contributed by atoms with Crippen LogP contribution in [0.4, 0.5) is 13.2 Å². The summed E-state index contributed by atoms with van der Waals surface area (Å²) >= 11 is 0. The van der Waals surface area contributed by atoms with E-state index in [1.165, 1.54) is 25.7 Å². The van der Waals surface area contributed by atoms with E-state index in [0.717, 1.165) is 32.2 Å². The topological polar surface area (TPSA) is 12.0 Å². The summed E-state index contributed by atoms with van der Waals surface area (Å²) in [4.78, 5) is 0. The molecule has 4 heteroatoms. The Hall–Kier alpha value is -0.250. The summed E-state index contributed by atoms with van der Waals surface area (Å²) in [6, 6.07) is 0.279. The first-order chi connectivity index (χ1) is 9.99. The molecule has 0 aromatic rings. The van der Waals surface area contributed by atoms with Crippen molar-refractivity contribution in [1.29, 1.82) is 0 Å². The highest BCUT2D eigenvalue weighted by Crippen LogP contribution is 2.41. The monoisotopic (exact) mass is 307 g/mol. The molecule has 126 valence electrons. The molecular weight excluding hydrogens is 275 g/mol. The molecule has 21 heavy (non-hydrogen) atoms. The van der Waals surface area contributed by atoms with E-state index in [4.69, 9.17) is 0 Å². The standard InChI is InChI=1S/C17H32F3N/c1-3-5-6-7-8-12-16(21-4-2)14-10-9-11-15(13-14)17(18,19)20/h14-16,21H,3-13H2,1-2H3. The molecule has 0 amide bonds. The number of nitrogens with one attached hydrogen (secondary N) is 1. The Balaban J connectivity index is 2.43. The predicted octanol–water partition coefficient (Wildman–Crippen LogP) is 5.69. The third kappa shape index (κ3) is 7.03. The molecule has 3 atom stereocenters. The second-order valence-electron chi connectivity index (χ2n) is 6.53. The lowest BCUT2D eigenvalue weighted by Crippen LogP contribution is -2.40. The van der Waals surface area contributed by atoms with Gasteiger partial charge in [-0.2, -0.15) is 13.2 Å². The largest absolute Gasteiger partial charge is 0.391 e. The van der Waals surface area contributed by atoms with E-state index in [0.29, 0.717) is 12.8 Å². The number of hydrogen-bond donors (Lipinski definition) is 1. The van der Waals surface area contributed by atoms with Crippen LogP contribution in [0.3, 0.4) is 0 Å². The molecule has 1 fully saturated rings. The second-order valence-corrected chi connectivity index (χ2v) is 6.53. The van der Waals surface area contributed by atoms with Crippen molar-refractivity contribution in [3.63, 3.8) is 0 Å². The second kappa shape index (κ2) is 9.70. The van der Waals surface area contributed by atoms with Gasteiger partial charge in [-0.3, -0.25) is 0 Å². The van der Waals surface area contributed by atoms with Gasteiger partial charge in [-0.1, -0.05) is 52.4 Å². The first-order valence-corrected chi connectivity index (χ1v) is 8.79. The van der Waals surface area contributed by atoms with Crippen LogP contribution in [0.15, 0.2) is 0 Å². The highest BCUT2D eigenvalue weighted by atomic mass is 19.4. The molecule has 0 radical (unpaired) electrons. The van der Waals surface area contributed by atoms with Crippen molar-refractivity contribution in [3.8, 4) is 0 Å². The Labute approximate surface area is 128 Å². The van der Waals surface area contributed by atoms with Gasteiger partial charge in [0.1, 0.15) is 0 Å². The SMILES string of the molecule is CCCCCCCC(NCC)C1CCCC(C(F)(F)F)C1. The van der Waals surface area contributed by atoms with Crippen molar-refractivity contribution in [2.24, 2.45) is 11.8 Å². The summed E-state index contributed by atoms with van der Waals surface area (Å²) in [5.74, 6) is -0.867. The Morgan fingerprint density at radius 1 is 1.05 bits per heavy atom. The minimum Gasteiger partial charge on any atom is -0.314 e. The van der Waals surface area contributed by atoms with Crippen LogP contribution in [0, 0.1) is 11.8 Å². The molecule has 1 N–H and O–H groups in total. The van der Waals surface area contributed by atoms with Crippen molar-refractivity contribution in [1.82, 2.24) is 5.32 Å². The van der Waals surface area contributed by atoms with Crippen LogP contribution in [-0.4, -0.2) is 18.8 Å². The lowest BCUT2D eigenvalue weighted by atomic mass is 9.76. The van der Waals surface area contributed by atoms with Crippen LogP contribution in [0.2, 0.25) is 0 Å². The molecule has 0 aromatic carbocycles. The smallest absolute Gasteiger partial charge is 0.314 e. The maximum Gasteiger partial charge on any atom is 0.391 e. The molecule has 0 saturated heterocycles. The Bertz CT molecular complexity index is 265. The third-order valence-corrected chi connectivity index (χ3v) is 4.83. The molecule has 0 spiro atoms. The molecule has 3 unspecified atom stereocenters. The zero-order valence-electron chi connectivity index (χ0n) is 13.6. The average Bonchev–Trinajstić information content (AvgIpc) is 2.45. The number of hydrogen-bond acceptors (Lipinski definition) is 1. The summed E-state index contributed by atoms with van der Waals surface area (Å²) in [5, 5.41) is 3.45. The molecule has 1 nitrogen and oxygen atoms in total. The van der Waals surface area contributed by atoms with Gasteiger partial charge in [-0.05, 0) is 38.1 Å². The molecule has 1 saturated carbocycles. The Morgan fingerprint density at radius 3 is 2.38 bits per heavy atom. The molecule has 1 aliphatic rings. The lowest BCUT2D eigenvalue weighted by Gasteiger charge is -2.36. The van der Waals surface area contributed by atoms with Gasteiger partial charge >= 0.3 is 6.18 Å². The minimum atomic E-state index is -4.00. The Kier molecular flexibility index (Phi) is 8.69. The molecule has 0 aliphatic heterocycles. The van der Waals surface area contributed by atoms with Gasteiger partial charge in [0.05, 0.1) is 5.92 Å².